The fourth-order valence-corrected chi connectivity index (χ4v) is 3.54. The average Bonchev–Trinajstić information content (AvgIpc) is 2.80. The van der Waals surface area contributed by atoms with Gasteiger partial charge in [-0.15, -0.1) is 0 Å². The number of nitrogens with one attached hydrogen (secondary N) is 2. The Balaban J connectivity index is 1.67. The summed E-state index contributed by atoms with van der Waals surface area (Å²) in [5.74, 6) is 0.153. The smallest absolute Gasteiger partial charge is 0.255 e. The number of amides is 3. The van der Waals surface area contributed by atoms with E-state index in [9.17, 15) is 14.4 Å². The Bertz CT molecular complexity index is 933. The molecule has 0 radical (unpaired) electrons. The number of aromatic nitrogens is 1. The Morgan fingerprint density at radius 1 is 1.09 bits per heavy atom. The SMILES string of the molecule is Cc1ccc2c(c1)C(=O)NCCN(C(=O)CCc1ccncc1)CCCC(=O)NCCO2. The van der Waals surface area contributed by atoms with Gasteiger partial charge in [-0.3, -0.25) is 19.4 Å². The van der Waals surface area contributed by atoms with Crippen LogP contribution in [0.1, 0.15) is 40.7 Å². The Kier molecular flexibility index (Phi) is 8.60. The number of carbonyl (C=O) groups is 3. The fraction of sp³-hybridized carbons (Fsp3) is 0.417. The third kappa shape index (κ3) is 7.08. The lowest BCUT2D eigenvalue weighted by Gasteiger charge is -2.23. The first-order valence-corrected chi connectivity index (χ1v) is 11.0. The summed E-state index contributed by atoms with van der Waals surface area (Å²) in [7, 11) is 0. The lowest BCUT2D eigenvalue weighted by molar-refractivity contribution is -0.131. The molecule has 2 heterocycles. The lowest BCUT2D eigenvalue weighted by atomic mass is 10.1. The first kappa shape index (κ1) is 23.2. The highest BCUT2D eigenvalue weighted by Gasteiger charge is 2.17. The highest BCUT2D eigenvalue weighted by Crippen LogP contribution is 2.20. The van der Waals surface area contributed by atoms with Crippen molar-refractivity contribution in [1.29, 1.82) is 0 Å². The van der Waals surface area contributed by atoms with Crippen molar-refractivity contribution < 1.29 is 19.1 Å². The molecule has 0 atom stereocenters. The minimum atomic E-state index is -0.244. The molecule has 3 amide bonds. The number of rotatable bonds is 3. The summed E-state index contributed by atoms with van der Waals surface area (Å²) < 4.78 is 5.73. The van der Waals surface area contributed by atoms with Crippen LogP contribution in [0.15, 0.2) is 42.7 Å². The van der Waals surface area contributed by atoms with Gasteiger partial charge in [0.05, 0.1) is 12.1 Å². The summed E-state index contributed by atoms with van der Waals surface area (Å²) >= 11 is 0. The van der Waals surface area contributed by atoms with Gasteiger partial charge >= 0.3 is 0 Å². The zero-order chi connectivity index (χ0) is 22.8. The van der Waals surface area contributed by atoms with Crippen molar-refractivity contribution in [2.24, 2.45) is 0 Å². The van der Waals surface area contributed by atoms with Crippen molar-refractivity contribution in [3.8, 4) is 5.75 Å². The van der Waals surface area contributed by atoms with Crippen molar-refractivity contribution in [3.05, 3.63) is 59.4 Å². The van der Waals surface area contributed by atoms with Gasteiger partial charge in [-0.1, -0.05) is 11.6 Å². The van der Waals surface area contributed by atoms with Crippen LogP contribution in [0.3, 0.4) is 0 Å². The topological polar surface area (TPSA) is 101 Å². The average molecular weight is 439 g/mol. The number of aryl methyl sites for hydroxylation is 2. The molecule has 0 bridgehead atoms. The van der Waals surface area contributed by atoms with Crippen LogP contribution in [-0.2, 0) is 16.0 Å². The number of hydrogen-bond acceptors (Lipinski definition) is 5. The Hall–Kier alpha value is -3.42. The summed E-state index contributed by atoms with van der Waals surface area (Å²) in [6.45, 7) is 3.69. The first-order chi connectivity index (χ1) is 15.5. The van der Waals surface area contributed by atoms with E-state index in [1.54, 1.807) is 29.4 Å². The van der Waals surface area contributed by atoms with Gasteiger partial charge in [0.15, 0.2) is 0 Å². The van der Waals surface area contributed by atoms with E-state index in [1.807, 2.05) is 25.1 Å². The molecule has 2 N–H and O–H groups in total. The van der Waals surface area contributed by atoms with E-state index >= 15 is 0 Å². The van der Waals surface area contributed by atoms with E-state index in [1.165, 1.54) is 0 Å². The van der Waals surface area contributed by atoms with Gasteiger partial charge in [0, 0.05) is 44.9 Å². The van der Waals surface area contributed by atoms with Crippen LogP contribution >= 0.6 is 0 Å². The van der Waals surface area contributed by atoms with E-state index in [2.05, 4.69) is 15.6 Å². The Morgan fingerprint density at radius 2 is 1.91 bits per heavy atom. The van der Waals surface area contributed by atoms with Gasteiger partial charge in [-0.25, -0.2) is 0 Å². The zero-order valence-electron chi connectivity index (χ0n) is 18.4. The fourth-order valence-electron chi connectivity index (χ4n) is 3.54. The van der Waals surface area contributed by atoms with E-state index in [0.717, 1.165) is 11.1 Å². The number of benzene rings is 1. The molecule has 2 aromatic rings. The number of nitrogens with zero attached hydrogens (tertiary/aromatic N) is 2. The molecule has 0 saturated heterocycles. The second-order valence-corrected chi connectivity index (χ2v) is 7.79. The molecule has 1 aliphatic rings. The largest absolute Gasteiger partial charge is 0.491 e. The van der Waals surface area contributed by atoms with Crippen LogP contribution in [-0.4, -0.2) is 60.4 Å². The van der Waals surface area contributed by atoms with Crippen molar-refractivity contribution in [1.82, 2.24) is 20.5 Å². The molecule has 8 heteroatoms. The second-order valence-electron chi connectivity index (χ2n) is 7.79. The minimum Gasteiger partial charge on any atom is -0.491 e. The Labute approximate surface area is 188 Å². The monoisotopic (exact) mass is 438 g/mol. The molecule has 1 aromatic heterocycles. The van der Waals surface area contributed by atoms with E-state index in [4.69, 9.17) is 4.74 Å². The normalized spacial score (nSPS) is 16.0. The van der Waals surface area contributed by atoms with Gasteiger partial charge in [0.2, 0.25) is 11.8 Å². The number of hydrogen-bond donors (Lipinski definition) is 2. The van der Waals surface area contributed by atoms with Crippen LogP contribution in [0.25, 0.3) is 0 Å². The molecular weight excluding hydrogens is 408 g/mol. The van der Waals surface area contributed by atoms with E-state index in [-0.39, 0.29) is 24.3 Å². The second kappa shape index (κ2) is 11.8. The maximum Gasteiger partial charge on any atom is 0.255 e. The Morgan fingerprint density at radius 3 is 2.72 bits per heavy atom. The third-order valence-electron chi connectivity index (χ3n) is 5.29. The summed E-state index contributed by atoms with van der Waals surface area (Å²) in [5.41, 5.74) is 2.44. The van der Waals surface area contributed by atoms with Gasteiger partial charge in [-0.05, 0) is 49.6 Å². The molecule has 3 rings (SSSR count). The minimum absolute atomic E-state index is 0.000337. The summed E-state index contributed by atoms with van der Waals surface area (Å²) in [4.78, 5) is 43.4. The standard InChI is InChI=1S/C24H30N4O4/c1-18-4-6-21-20(17-18)24(31)27-12-15-28(14-2-3-22(29)26-13-16-32-21)23(30)7-5-19-8-10-25-11-9-19/h4,6,8-11,17H,2-3,5,7,12-16H2,1H3,(H,26,29)(H,27,31). The maximum absolute atomic E-state index is 12.8. The molecule has 32 heavy (non-hydrogen) atoms. The predicted octanol–water partition coefficient (Wildman–Crippen LogP) is 1.87. The molecule has 0 aliphatic carbocycles. The molecular formula is C24H30N4O4. The summed E-state index contributed by atoms with van der Waals surface area (Å²) in [6.07, 6.45) is 5.29. The molecule has 0 unspecified atom stereocenters. The number of ether oxygens (including phenoxy) is 1. The van der Waals surface area contributed by atoms with Gasteiger partial charge in [-0.2, -0.15) is 0 Å². The van der Waals surface area contributed by atoms with Crippen molar-refractivity contribution in [3.63, 3.8) is 0 Å². The summed E-state index contributed by atoms with van der Waals surface area (Å²) in [6, 6.07) is 9.20. The summed E-state index contributed by atoms with van der Waals surface area (Å²) in [5, 5.41) is 5.72. The van der Waals surface area contributed by atoms with Crippen LogP contribution in [0.2, 0.25) is 0 Å². The number of carbonyl (C=O) groups excluding carboxylic acids is 3. The van der Waals surface area contributed by atoms with E-state index < -0.39 is 0 Å². The maximum atomic E-state index is 12.8. The van der Waals surface area contributed by atoms with Crippen LogP contribution in [0.4, 0.5) is 0 Å². The first-order valence-electron chi connectivity index (χ1n) is 11.0. The highest BCUT2D eigenvalue weighted by molar-refractivity contribution is 5.97. The van der Waals surface area contributed by atoms with Gasteiger partial charge < -0.3 is 20.3 Å². The molecule has 1 aromatic carbocycles. The predicted molar refractivity (Wildman–Crippen MR) is 120 cm³/mol. The molecule has 0 saturated carbocycles. The number of fused-ring (bicyclic) bond motifs is 1. The highest BCUT2D eigenvalue weighted by atomic mass is 16.5. The molecule has 170 valence electrons. The van der Waals surface area contributed by atoms with Crippen LogP contribution in [0, 0.1) is 6.92 Å². The zero-order valence-corrected chi connectivity index (χ0v) is 18.4. The molecule has 0 fully saturated rings. The molecule has 8 nitrogen and oxygen atoms in total. The van der Waals surface area contributed by atoms with Gasteiger partial charge in [0.25, 0.3) is 5.91 Å². The third-order valence-corrected chi connectivity index (χ3v) is 5.29. The van der Waals surface area contributed by atoms with Gasteiger partial charge in [0.1, 0.15) is 12.4 Å². The number of pyridine rings is 1. The van der Waals surface area contributed by atoms with Crippen LogP contribution in [0.5, 0.6) is 5.75 Å². The van der Waals surface area contributed by atoms with Crippen LogP contribution < -0.4 is 15.4 Å². The molecule has 1 aliphatic heterocycles. The van der Waals surface area contributed by atoms with Crippen molar-refractivity contribution >= 4 is 17.7 Å². The van der Waals surface area contributed by atoms with Crippen molar-refractivity contribution in [2.75, 3.05) is 32.8 Å². The van der Waals surface area contributed by atoms with E-state index in [0.29, 0.717) is 63.2 Å². The lowest BCUT2D eigenvalue weighted by Crippen LogP contribution is -2.39. The molecule has 0 spiro atoms. The van der Waals surface area contributed by atoms with Crippen molar-refractivity contribution in [2.45, 2.75) is 32.6 Å². The quantitative estimate of drug-likeness (QED) is 0.762.